The molecule has 4 nitrogen and oxygen atoms in total. The number of hydrogen-bond acceptors (Lipinski definition) is 2. The van der Waals surface area contributed by atoms with Gasteiger partial charge in [-0.3, -0.25) is 9.59 Å². The summed E-state index contributed by atoms with van der Waals surface area (Å²) < 4.78 is 0. The number of carbonyl (C=O) groups is 2. The molecule has 0 aliphatic rings. The minimum atomic E-state index is -0.321. The van der Waals surface area contributed by atoms with Gasteiger partial charge in [0, 0.05) is 11.6 Å². The first-order valence-corrected chi connectivity index (χ1v) is 8.58. The van der Waals surface area contributed by atoms with Crippen LogP contribution in [0.5, 0.6) is 0 Å². The Morgan fingerprint density at radius 2 is 1.62 bits per heavy atom. The van der Waals surface area contributed by atoms with E-state index in [1.807, 2.05) is 69.3 Å². The molecule has 2 aromatic rings. The molecule has 0 bridgehead atoms. The summed E-state index contributed by atoms with van der Waals surface area (Å²) in [5.41, 5.74) is 2.79. The SMILES string of the molecule is Cc1ccc(C(=O)N/C(=C\C=C/c2ccccc2)C(=O)NC(C)C)cc1. The summed E-state index contributed by atoms with van der Waals surface area (Å²) in [5, 5.41) is 5.50. The van der Waals surface area contributed by atoms with Crippen LogP contribution in [-0.2, 0) is 4.79 Å². The molecule has 4 heteroatoms. The van der Waals surface area contributed by atoms with Crippen molar-refractivity contribution in [1.82, 2.24) is 10.6 Å². The standard InChI is InChI=1S/C22H24N2O2/c1-16(2)23-22(26)20(11-7-10-18-8-5-4-6-9-18)24-21(25)19-14-12-17(3)13-15-19/h4-16H,1-3H3,(H,23,26)(H,24,25)/b10-7-,20-11-. The Bertz CT molecular complexity index is 804. The van der Waals surface area contributed by atoms with Crippen LogP contribution in [0.3, 0.4) is 0 Å². The Balaban J connectivity index is 2.18. The average molecular weight is 348 g/mol. The molecule has 26 heavy (non-hydrogen) atoms. The number of nitrogens with one attached hydrogen (secondary N) is 2. The molecule has 0 spiro atoms. The molecule has 0 heterocycles. The molecule has 0 aliphatic heterocycles. The zero-order valence-electron chi connectivity index (χ0n) is 15.3. The van der Waals surface area contributed by atoms with Crippen molar-refractivity contribution in [2.75, 3.05) is 0 Å². The van der Waals surface area contributed by atoms with E-state index >= 15 is 0 Å². The normalized spacial score (nSPS) is 11.6. The third-order valence-electron chi connectivity index (χ3n) is 3.58. The van der Waals surface area contributed by atoms with Gasteiger partial charge in [0.1, 0.15) is 5.70 Å². The van der Waals surface area contributed by atoms with Crippen LogP contribution in [0.2, 0.25) is 0 Å². The molecule has 0 saturated heterocycles. The summed E-state index contributed by atoms with van der Waals surface area (Å²) >= 11 is 0. The van der Waals surface area contributed by atoms with E-state index in [-0.39, 0.29) is 23.6 Å². The summed E-state index contributed by atoms with van der Waals surface area (Å²) in [6, 6.07) is 16.9. The van der Waals surface area contributed by atoms with E-state index in [2.05, 4.69) is 10.6 Å². The fourth-order valence-corrected chi connectivity index (χ4v) is 2.23. The number of hydrogen-bond donors (Lipinski definition) is 2. The van der Waals surface area contributed by atoms with Crippen molar-refractivity contribution in [3.8, 4) is 0 Å². The minimum absolute atomic E-state index is 0.0275. The molecule has 0 aliphatic carbocycles. The largest absolute Gasteiger partial charge is 0.349 e. The molecule has 0 fully saturated rings. The molecule has 2 rings (SSSR count). The molecule has 0 radical (unpaired) electrons. The van der Waals surface area contributed by atoms with Crippen molar-refractivity contribution in [2.24, 2.45) is 0 Å². The first-order valence-electron chi connectivity index (χ1n) is 8.58. The molecule has 134 valence electrons. The van der Waals surface area contributed by atoms with Gasteiger partial charge >= 0.3 is 0 Å². The van der Waals surface area contributed by atoms with Gasteiger partial charge in [-0.2, -0.15) is 0 Å². The van der Waals surface area contributed by atoms with Crippen molar-refractivity contribution < 1.29 is 9.59 Å². The number of amides is 2. The third-order valence-corrected chi connectivity index (χ3v) is 3.58. The van der Waals surface area contributed by atoms with Gasteiger partial charge in [-0.15, -0.1) is 0 Å². The zero-order chi connectivity index (χ0) is 18.9. The van der Waals surface area contributed by atoms with Gasteiger partial charge in [0.05, 0.1) is 0 Å². The number of carbonyl (C=O) groups excluding carboxylic acids is 2. The second kappa shape index (κ2) is 9.37. The van der Waals surface area contributed by atoms with Gasteiger partial charge in [-0.25, -0.2) is 0 Å². The fraction of sp³-hybridized carbons (Fsp3) is 0.182. The number of aryl methyl sites for hydroxylation is 1. The second-order valence-electron chi connectivity index (χ2n) is 6.30. The van der Waals surface area contributed by atoms with Crippen molar-refractivity contribution in [1.29, 1.82) is 0 Å². The minimum Gasteiger partial charge on any atom is -0.349 e. The Morgan fingerprint density at radius 3 is 2.23 bits per heavy atom. The predicted octanol–water partition coefficient (Wildman–Crippen LogP) is 3.85. The van der Waals surface area contributed by atoms with Crippen molar-refractivity contribution in [3.63, 3.8) is 0 Å². The van der Waals surface area contributed by atoms with Gasteiger partial charge < -0.3 is 10.6 Å². The molecular formula is C22H24N2O2. The lowest BCUT2D eigenvalue weighted by Crippen LogP contribution is -2.38. The van der Waals surface area contributed by atoms with Crippen LogP contribution >= 0.6 is 0 Å². The Kier molecular flexibility index (Phi) is 6.92. The fourth-order valence-electron chi connectivity index (χ4n) is 2.23. The van der Waals surface area contributed by atoms with Crippen molar-refractivity contribution in [3.05, 3.63) is 89.1 Å². The summed E-state index contributed by atoms with van der Waals surface area (Å²) in [4.78, 5) is 24.8. The topological polar surface area (TPSA) is 58.2 Å². The highest BCUT2D eigenvalue weighted by molar-refractivity contribution is 6.03. The van der Waals surface area contributed by atoms with Gasteiger partial charge in [0.15, 0.2) is 0 Å². The second-order valence-corrected chi connectivity index (χ2v) is 6.30. The van der Waals surface area contributed by atoms with Crippen LogP contribution in [0.25, 0.3) is 6.08 Å². The smallest absolute Gasteiger partial charge is 0.267 e. The van der Waals surface area contributed by atoms with Crippen LogP contribution in [0.4, 0.5) is 0 Å². The Hall–Kier alpha value is -3.14. The highest BCUT2D eigenvalue weighted by Crippen LogP contribution is 2.06. The predicted molar refractivity (Wildman–Crippen MR) is 105 cm³/mol. The number of benzene rings is 2. The molecule has 0 aromatic heterocycles. The van der Waals surface area contributed by atoms with Gasteiger partial charge in [-0.1, -0.05) is 60.2 Å². The zero-order valence-corrected chi connectivity index (χ0v) is 15.3. The maximum absolute atomic E-state index is 12.4. The van der Waals surface area contributed by atoms with E-state index in [1.165, 1.54) is 0 Å². The number of rotatable bonds is 6. The Labute approximate surface area is 154 Å². The maximum Gasteiger partial charge on any atom is 0.267 e. The molecule has 0 saturated carbocycles. The molecule has 2 amide bonds. The third kappa shape index (κ3) is 6.06. The molecular weight excluding hydrogens is 324 g/mol. The average Bonchev–Trinajstić information content (AvgIpc) is 2.61. The van der Waals surface area contributed by atoms with E-state index < -0.39 is 0 Å². The van der Waals surface area contributed by atoms with Gasteiger partial charge in [0.25, 0.3) is 11.8 Å². The summed E-state index contributed by atoms with van der Waals surface area (Å²) in [7, 11) is 0. The van der Waals surface area contributed by atoms with Gasteiger partial charge in [0.2, 0.25) is 0 Å². The highest BCUT2D eigenvalue weighted by Gasteiger charge is 2.14. The van der Waals surface area contributed by atoms with Crippen molar-refractivity contribution >= 4 is 17.9 Å². The molecule has 0 unspecified atom stereocenters. The molecule has 2 N–H and O–H groups in total. The van der Waals surface area contributed by atoms with Crippen LogP contribution in [0, 0.1) is 6.92 Å². The van der Waals surface area contributed by atoms with E-state index in [0.29, 0.717) is 5.56 Å². The number of allylic oxidation sites excluding steroid dienone is 2. The summed E-state index contributed by atoms with van der Waals surface area (Å²) in [6.07, 6.45) is 5.23. The highest BCUT2D eigenvalue weighted by atomic mass is 16.2. The molecule has 2 aromatic carbocycles. The first kappa shape index (κ1) is 19.2. The lowest BCUT2D eigenvalue weighted by atomic mass is 10.1. The first-order chi connectivity index (χ1) is 12.5. The monoisotopic (exact) mass is 348 g/mol. The van der Waals surface area contributed by atoms with E-state index in [9.17, 15) is 9.59 Å². The summed E-state index contributed by atoms with van der Waals surface area (Å²) in [5.74, 6) is -0.638. The molecule has 0 atom stereocenters. The van der Waals surface area contributed by atoms with Crippen LogP contribution in [-0.4, -0.2) is 17.9 Å². The van der Waals surface area contributed by atoms with E-state index in [0.717, 1.165) is 11.1 Å². The summed E-state index contributed by atoms with van der Waals surface area (Å²) in [6.45, 7) is 5.70. The van der Waals surface area contributed by atoms with Crippen LogP contribution in [0.15, 0.2) is 72.4 Å². The Morgan fingerprint density at radius 1 is 0.962 bits per heavy atom. The maximum atomic E-state index is 12.4. The lowest BCUT2D eigenvalue weighted by molar-refractivity contribution is -0.118. The lowest BCUT2D eigenvalue weighted by Gasteiger charge is -2.12. The van der Waals surface area contributed by atoms with E-state index in [4.69, 9.17) is 0 Å². The quantitative estimate of drug-likeness (QED) is 0.615. The van der Waals surface area contributed by atoms with E-state index in [1.54, 1.807) is 24.3 Å². The van der Waals surface area contributed by atoms with Gasteiger partial charge in [-0.05, 0) is 44.5 Å². The van der Waals surface area contributed by atoms with Crippen molar-refractivity contribution in [2.45, 2.75) is 26.8 Å². The van der Waals surface area contributed by atoms with Crippen LogP contribution < -0.4 is 10.6 Å². The van der Waals surface area contributed by atoms with Crippen LogP contribution in [0.1, 0.15) is 35.3 Å².